The van der Waals surface area contributed by atoms with Crippen molar-refractivity contribution in [1.82, 2.24) is 0 Å². The molecule has 0 bridgehead atoms. The van der Waals surface area contributed by atoms with Crippen LogP contribution in [-0.2, 0) is 0 Å². The fourth-order valence-corrected chi connectivity index (χ4v) is 2.40. The van der Waals surface area contributed by atoms with E-state index in [2.05, 4.69) is 0 Å². The van der Waals surface area contributed by atoms with Crippen LogP contribution in [0.1, 0.15) is 12.8 Å². The second-order valence-corrected chi connectivity index (χ2v) is 4.77. The number of thioether (sulfide) groups is 1. The van der Waals surface area contributed by atoms with Gasteiger partial charge in [-0.2, -0.15) is 0 Å². The van der Waals surface area contributed by atoms with E-state index in [1.165, 1.54) is 9.80 Å². The van der Waals surface area contributed by atoms with Gasteiger partial charge in [0.2, 0.25) is 0 Å². The predicted octanol–water partition coefficient (Wildman–Crippen LogP) is 3.91. The van der Waals surface area contributed by atoms with Crippen LogP contribution >= 0.6 is 11.8 Å². The Morgan fingerprint density at radius 1 is 1.12 bits per heavy atom. The number of aliphatic hydroxyl groups is 1. The summed E-state index contributed by atoms with van der Waals surface area (Å²) in [6.45, 7) is 0. The monoisotopic (exact) mass is 234 g/mol. The minimum absolute atomic E-state index is 0.471. The highest BCUT2D eigenvalue weighted by atomic mass is 32.2. The number of benzene rings is 1. The lowest BCUT2D eigenvalue weighted by Crippen LogP contribution is -1.89. The summed E-state index contributed by atoms with van der Waals surface area (Å²) in [5, 5.41) is 9.25. The van der Waals surface area contributed by atoms with Gasteiger partial charge in [0.15, 0.2) is 0 Å². The molecular weight excluding hydrogens is 220 g/mol. The second kappa shape index (κ2) is 5.12. The minimum atomic E-state index is 0.471. The molecule has 0 amide bonds. The van der Waals surface area contributed by atoms with Gasteiger partial charge < -0.3 is 9.84 Å². The Kier molecular flexibility index (Phi) is 3.57. The second-order valence-electron chi connectivity index (χ2n) is 3.57. The van der Waals surface area contributed by atoms with Crippen molar-refractivity contribution >= 4 is 11.8 Å². The highest BCUT2D eigenvalue weighted by Gasteiger charge is 2.06. The number of methoxy groups -OCH3 is 1. The van der Waals surface area contributed by atoms with E-state index in [0.29, 0.717) is 5.76 Å². The third kappa shape index (κ3) is 2.83. The lowest BCUT2D eigenvalue weighted by Gasteiger charge is -2.10. The van der Waals surface area contributed by atoms with Crippen LogP contribution in [0.4, 0.5) is 0 Å². The molecule has 0 saturated heterocycles. The van der Waals surface area contributed by atoms with E-state index < -0.39 is 0 Å². The van der Waals surface area contributed by atoms with Crippen molar-refractivity contribution in [3.63, 3.8) is 0 Å². The average molecular weight is 234 g/mol. The number of hydrogen-bond donors (Lipinski definition) is 1. The molecule has 3 heteroatoms. The summed E-state index contributed by atoms with van der Waals surface area (Å²) in [6, 6.07) is 8.00. The topological polar surface area (TPSA) is 29.5 Å². The number of allylic oxidation sites excluding steroid dienone is 4. The maximum atomic E-state index is 9.25. The Morgan fingerprint density at radius 2 is 1.88 bits per heavy atom. The normalized spacial score (nSPS) is 15.3. The average Bonchev–Trinajstić information content (AvgIpc) is 2.33. The Morgan fingerprint density at radius 3 is 2.44 bits per heavy atom. The first-order valence-corrected chi connectivity index (χ1v) is 6.00. The fraction of sp³-hybridized carbons (Fsp3) is 0.231. The molecular formula is C13H14O2S. The van der Waals surface area contributed by atoms with Crippen LogP contribution in [0.2, 0.25) is 0 Å². The molecule has 1 aliphatic carbocycles. The van der Waals surface area contributed by atoms with Gasteiger partial charge in [0.1, 0.15) is 5.75 Å². The van der Waals surface area contributed by atoms with E-state index in [1.807, 2.05) is 30.3 Å². The first-order chi connectivity index (χ1) is 7.78. The van der Waals surface area contributed by atoms with Crippen molar-refractivity contribution in [3.8, 4) is 5.75 Å². The summed E-state index contributed by atoms with van der Waals surface area (Å²) in [4.78, 5) is 2.48. The molecule has 0 aromatic heterocycles. The molecule has 84 valence electrons. The van der Waals surface area contributed by atoms with Gasteiger partial charge in [-0.1, -0.05) is 11.8 Å². The standard InChI is InChI=1S/C13H14O2S/c1-15-11-4-8-13(9-5-11)16-12-6-2-10(14)3-7-12/h2,4-6,8-9,14H,3,7H2,1H3. The molecule has 0 fully saturated rings. The SMILES string of the molecule is COc1ccc(SC2=CC=C(O)CC2)cc1. The van der Waals surface area contributed by atoms with Gasteiger partial charge in [0.05, 0.1) is 12.9 Å². The van der Waals surface area contributed by atoms with Gasteiger partial charge in [0, 0.05) is 11.3 Å². The highest BCUT2D eigenvalue weighted by molar-refractivity contribution is 8.03. The highest BCUT2D eigenvalue weighted by Crippen LogP contribution is 2.33. The molecule has 0 radical (unpaired) electrons. The summed E-state index contributed by atoms with van der Waals surface area (Å²) in [6.07, 6.45) is 5.41. The van der Waals surface area contributed by atoms with E-state index in [-0.39, 0.29) is 0 Å². The lowest BCUT2D eigenvalue weighted by atomic mass is 10.2. The minimum Gasteiger partial charge on any atom is -0.512 e. The molecule has 0 spiro atoms. The Balaban J connectivity index is 2.04. The molecule has 0 atom stereocenters. The van der Waals surface area contributed by atoms with Crippen molar-refractivity contribution in [3.05, 3.63) is 47.1 Å². The van der Waals surface area contributed by atoms with Crippen LogP contribution in [0.15, 0.2) is 52.0 Å². The van der Waals surface area contributed by atoms with Gasteiger partial charge in [-0.3, -0.25) is 0 Å². The van der Waals surface area contributed by atoms with Crippen LogP contribution in [0.5, 0.6) is 5.75 Å². The lowest BCUT2D eigenvalue weighted by molar-refractivity contribution is 0.387. The molecule has 0 aliphatic heterocycles. The zero-order valence-electron chi connectivity index (χ0n) is 9.14. The van der Waals surface area contributed by atoms with Crippen molar-refractivity contribution in [2.24, 2.45) is 0 Å². The van der Waals surface area contributed by atoms with E-state index in [4.69, 9.17) is 4.74 Å². The number of hydrogen-bond acceptors (Lipinski definition) is 3. The third-order valence-corrected chi connectivity index (χ3v) is 3.51. The largest absolute Gasteiger partial charge is 0.512 e. The van der Waals surface area contributed by atoms with E-state index in [0.717, 1.165) is 18.6 Å². The molecule has 1 aromatic carbocycles. The molecule has 1 N–H and O–H groups in total. The Hall–Kier alpha value is -1.35. The molecule has 2 rings (SSSR count). The van der Waals surface area contributed by atoms with E-state index >= 15 is 0 Å². The van der Waals surface area contributed by atoms with Crippen molar-refractivity contribution in [2.75, 3.05) is 7.11 Å². The molecule has 0 unspecified atom stereocenters. The van der Waals surface area contributed by atoms with Crippen LogP contribution in [0.25, 0.3) is 0 Å². The molecule has 1 aliphatic rings. The summed E-state index contributed by atoms with van der Waals surface area (Å²) in [5.41, 5.74) is 0. The molecule has 0 heterocycles. The van der Waals surface area contributed by atoms with Crippen LogP contribution in [-0.4, -0.2) is 12.2 Å². The zero-order chi connectivity index (χ0) is 11.4. The zero-order valence-corrected chi connectivity index (χ0v) is 9.96. The summed E-state index contributed by atoms with van der Waals surface area (Å²) in [5.74, 6) is 1.35. The first kappa shape index (κ1) is 11.1. The molecule has 2 nitrogen and oxygen atoms in total. The number of rotatable bonds is 3. The van der Waals surface area contributed by atoms with Crippen LogP contribution < -0.4 is 4.74 Å². The van der Waals surface area contributed by atoms with Gasteiger partial charge in [-0.05, 0) is 47.7 Å². The maximum Gasteiger partial charge on any atom is 0.118 e. The summed E-state index contributed by atoms with van der Waals surface area (Å²) in [7, 11) is 1.67. The summed E-state index contributed by atoms with van der Waals surface area (Å²) >= 11 is 1.74. The molecule has 16 heavy (non-hydrogen) atoms. The Bertz CT molecular complexity index is 418. The van der Waals surface area contributed by atoms with Crippen molar-refractivity contribution in [2.45, 2.75) is 17.7 Å². The first-order valence-electron chi connectivity index (χ1n) is 5.18. The van der Waals surface area contributed by atoms with Gasteiger partial charge >= 0.3 is 0 Å². The van der Waals surface area contributed by atoms with E-state index in [1.54, 1.807) is 24.9 Å². The van der Waals surface area contributed by atoms with Gasteiger partial charge in [0.25, 0.3) is 0 Å². The van der Waals surface area contributed by atoms with Crippen LogP contribution in [0, 0.1) is 0 Å². The molecule has 0 saturated carbocycles. The van der Waals surface area contributed by atoms with Crippen LogP contribution in [0.3, 0.4) is 0 Å². The number of ether oxygens (including phenoxy) is 1. The quantitative estimate of drug-likeness (QED) is 0.860. The maximum absolute atomic E-state index is 9.25. The van der Waals surface area contributed by atoms with Gasteiger partial charge in [-0.15, -0.1) is 0 Å². The van der Waals surface area contributed by atoms with Gasteiger partial charge in [-0.25, -0.2) is 0 Å². The van der Waals surface area contributed by atoms with E-state index in [9.17, 15) is 5.11 Å². The predicted molar refractivity (Wildman–Crippen MR) is 66.9 cm³/mol. The summed E-state index contributed by atoms with van der Waals surface area (Å²) < 4.78 is 5.11. The Labute approximate surface area is 99.6 Å². The smallest absolute Gasteiger partial charge is 0.118 e. The number of aliphatic hydroxyl groups excluding tert-OH is 1. The van der Waals surface area contributed by atoms with Crippen molar-refractivity contribution < 1.29 is 9.84 Å². The van der Waals surface area contributed by atoms with Crippen molar-refractivity contribution in [1.29, 1.82) is 0 Å². The fourth-order valence-electron chi connectivity index (χ4n) is 1.49. The third-order valence-electron chi connectivity index (χ3n) is 2.40. The molecule has 1 aromatic rings.